The van der Waals surface area contributed by atoms with Gasteiger partial charge in [0.2, 0.25) is 0 Å². The van der Waals surface area contributed by atoms with Crippen LogP contribution in [0.15, 0.2) is 38.0 Å². The Morgan fingerprint density at radius 2 is 1.64 bits per heavy atom. The lowest BCUT2D eigenvalue weighted by Gasteiger charge is -2.22. The summed E-state index contributed by atoms with van der Waals surface area (Å²) in [6.45, 7) is 12.2. The van der Waals surface area contributed by atoms with Crippen LogP contribution in [-0.2, 0) is 0 Å². The topological polar surface area (TPSA) is 27.0 Å². The molecule has 0 rings (SSSR count). The molecule has 0 aliphatic rings. The summed E-state index contributed by atoms with van der Waals surface area (Å²) in [6, 6.07) is 0. The molecular formula is C9H15N2. The number of hydrogen-bond donors (Lipinski definition) is 0. The molecule has 0 saturated heterocycles. The van der Waals surface area contributed by atoms with Crippen LogP contribution in [0.2, 0.25) is 0 Å². The summed E-state index contributed by atoms with van der Waals surface area (Å²) in [5, 5.41) is 0. The van der Waals surface area contributed by atoms with Gasteiger partial charge in [0.1, 0.15) is 0 Å². The largest absolute Gasteiger partial charge is 0.276 e. The molecule has 1 N–H and O–H groups in total. The van der Waals surface area contributed by atoms with E-state index in [1.165, 1.54) is 0 Å². The third-order valence-corrected chi connectivity index (χ3v) is 1.34. The number of nitrogens with one attached hydrogen (secondary N) is 1. The highest BCUT2D eigenvalue weighted by atomic mass is 15.2. The minimum atomic E-state index is -0.356. The van der Waals surface area contributed by atoms with Crippen LogP contribution in [0.3, 0.4) is 0 Å². The van der Waals surface area contributed by atoms with Gasteiger partial charge in [0.15, 0.2) is 0 Å². The Morgan fingerprint density at radius 3 is 1.91 bits per heavy atom. The maximum absolute atomic E-state index is 7.50. The lowest BCUT2D eigenvalue weighted by atomic mass is 10.3. The molecule has 0 saturated carbocycles. The Hall–Kier alpha value is -0.860. The molecule has 1 radical (unpaired) electrons. The molecule has 0 heterocycles. The highest BCUT2D eigenvalue weighted by Crippen LogP contribution is 1.95. The Bertz CT molecular complexity index is 130. The van der Waals surface area contributed by atoms with E-state index in [0.717, 1.165) is 0 Å². The van der Waals surface area contributed by atoms with Crippen LogP contribution < -0.4 is 5.73 Å². The van der Waals surface area contributed by atoms with E-state index in [2.05, 4.69) is 19.7 Å². The van der Waals surface area contributed by atoms with E-state index in [-0.39, 0.29) is 6.17 Å². The molecule has 0 aromatic rings. The van der Waals surface area contributed by atoms with Crippen molar-refractivity contribution in [2.24, 2.45) is 0 Å². The number of nitrogens with zero attached hydrogens (tertiary/aromatic N) is 1. The fraction of sp³-hybridized carbons (Fsp3) is 0.333. The van der Waals surface area contributed by atoms with Crippen molar-refractivity contribution < 1.29 is 0 Å². The van der Waals surface area contributed by atoms with Crippen LogP contribution >= 0.6 is 0 Å². The van der Waals surface area contributed by atoms with E-state index in [4.69, 9.17) is 5.73 Å². The highest BCUT2D eigenvalue weighted by molar-refractivity contribution is 4.89. The normalized spacial score (nSPS) is 12.5. The summed E-state index contributed by atoms with van der Waals surface area (Å²) in [5.74, 6) is 0. The first-order chi connectivity index (χ1) is 5.26. The molecule has 0 spiro atoms. The van der Waals surface area contributed by atoms with Crippen molar-refractivity contribution in [1.82, 2.24) is 10.6 Å². The fourth-order valence-corrected chi connectivity index (χ4v) is 0.782. The van der Waals surface area contributed by atoms with Crippen molar-refractivity contribution in [3.63, 3.8) is 0 Å². The lowest BCUT2D eigenvalue weighted by molar-refractivity contribution is 0.280. The second-order valence-electron chi connectivity index (χ2n) is 2.21. The van der Waals surface area contributed by atoms with E-state index >= 15 is 0 Å². The zero-order valence-electron chi connectivity index (χ0n) is 6.79. The Labute approximate surface area is 68.7 Å². The molecule has 1 atom stereocenters. The Balaban J connectivity index is 3.94. The van der Waals surface area contributed by atoms with Crippen LogP contribution in [-0.4, -0.2) is 24.2 Å². The summed E-state index contributed by atoms with van der Waals surface area (Å²) < 4.78 is 0. The van der Waals surface area contributed by atoms with Gasteiger partial charge in [0.05, 0.1) is 6.17 Å². The summed E-state index contributed by atoms with van der Waals surface area (Å²) in [7, 11) is 0. The zero-order chi connectivity index (χ0) is 8.69. The van der Waals surface area contributed by atoms with Crippen molar-refractivity contribution >= 4 is 0 Å². The molecule has 11 heavy (non-hydrogen) atoms. The molecular weight excluding hydrogens is 136 g/mol. The van der Waals surface area contributed by atoms with Gasteiger partial charge in [0.25, 0.3) is 0 Å². The second-order valence-corrected chi connectivity index (χ2v) is 2.21. The van der Waals surface area contributed by atoms with Crippen molar-refractivity contribution in [3.8, 4) is 0 Å². The molecule has 0 aliphatic carbocycles. The van der Waals surface area contributed by atoms with Crippen LogP contribution in [0.5, 0.6) is 0 Å². The van der Waals surface area contributed by atoms with Gasteiger partial charge in [0, 0.05) is 13.1 Å². The predicted octanol–water partition coefficient (Wildman–Crippen LogP) is 1.46. The van der Waals surface area contributed by atoms with Crippen LogP contribution in [0.4, 0.5) is 0 Å². The lowest BCUT2D eigenvalue weighted by Crippen LogP contribution is -2.34. The average Bonchev–Trinajstić information content (AvgIpc) is 2.03. The molecule has 0 fully saturated rings. The second kappa shape index (κ2) is 5.89. The Kier molecular flexibility index (Phi) is 5.43. The molecule has 0 bridgehead atoms. The average molecular weight is 151 g/mol. The molecule has 0 amide bonds. The first-order valence-electron chi connectivity index (χ1n) is 3.55. The van der Waals surface area contributed by atoms with Gasteiger partial charge in [-0.05, 0) is 0 Å². The van der Waals surface area contributed by atoms with Crippen molar-refractivity contribution in [2.75, 3.05) is 13.1 Å². The summed E-state index contributed by atoms with van der Waals surface area (Å²) in [5.41, 5.74) is 7.50. The quantitative estimate of drug-likeness (QED) is 0.528. The minimum Gasteiger partial charge on any atom is -0.276 e. The molecule has 1 unspecified atom stereocenters. The van der Waals surface area contributed by atoms with Crippen LogP contribution in [0, 0.1) is 0 Å². The standard InChI is InChI=1S/C9H15N2/c1-4-7-11(8-5-2)9(10)6-3/h4-6,9-10H,1-3,7-8H2. The van der Waals surface area contributed by atoms with Crippen molar-refractivity contribution in [2.45, 2.75) is 6.17 Å². The summed E-state index contributed by atoms with van der Waals surface area (Å²) in [6.07, 6.45) is 4.78. The highest BCUT2D eigenvalue weighted by Gasteiger charge is 2.06. The predicted molar refractivity (Wildman–Crippen MR) is 49.0 cm³/mol. The van der Waals surface area contributed by atoms with Gasteiger partial charge in [-0.1, -0.05) is 18.2 Å². The van der Waals surface area contributed by atoms with Gasteiger partial charge < -0.3 is 0 Å². The van der Waals surface area contributed by atoms with E-state index < -0.39 is 0 Å². The molecule has 0 aromatic heterocycles. The van der Waals surface area contributed by atoms with Crippen LogP contribution in [0.25, 0.3) is 0 Å². The van der Waals surface area contributed by atoms with Gasteiger partial charge in [-0.15, -0.1) is 19.7 Å². The van der Waals surface area contributed by atoms with Gasteiger partial charge in [-0.2, -0.15) is 0 Å². The molecule has 0 aromatic carbocycles. The fourth-order valence-electron chi connectivity index (χ4n) is 0.782. The number of hydrogen-bond acceptors (Lipinski definition) is 1. The summed E-state index contributed by atoms with van der Waals surface area (Å²) >= 11 is 0. The summed E-state index contributed by atoms with van der Waals surface area (Å²) in [4.78, 5) is 1.90. The molecule has 0 aliphatic heterocycles. The first-order valence-corrected chi connectivity index (χ1v) is 3.55. The number of rotatable bonds is 6. The zero-order valence-corrected chi connectivity index (χ0v) is 6.79. The maximum Gasteiger partial charge on any atom is 0.0921 e. The van der Waals surface area contributed by atoms with Crippen LogP contribution in [0.1, 0.15) is 0 Å². The third kappa shape index (κ3) is 3.75. The van der Waals surface area contributed by atoms with E-state index in [9.17, 15) is 0 Å². The van der Waals surface area contributed by atoms with E-state index in [0.29, 0.717) is 13.1 Å². The maximum atomic E-state index is 7.50. The monoisotopic (exact) mass is 151 g/mol. The molecule has 2 heteroatoms. The molecule has 2 nitrogen and oxygen atoms in total. The molecule has 61 valence electrons. The van der Waals surface area contributed by atoms with Gasteiger partial charge >= 0.3 is 0 Å². The van der Waals surface area contributed by atoms with E-state index in [1.807, 2.05) is 4.90 Å². The van der Waals surface area contributed by atoms with Gasteiger partial charge in [-0.25, -0.2) is 5.73 Å². The SMILES string of the molecule is C=CCN(CC=C)C([NH])C=C. The van der Waals surface area contributed by atoms with Crippen molar-refractivity contribution in [1.29, 1.82) is 0 Å². The van der Waals surface area contributed by atoms with Crippen molar-refractivity contribution in [3.05, 3.63) is 38.0 Å². The Morgan fingerprint density at radius 1 is 1.18 bits per heavy atom. The first kappa shape index (κ1) is 10.1. The van der Waals surface area contributed by atoms with E-state index in [1.54, 1.807) is 18.2 Å². The third-order valence-electron chi connectivity index (χ3n) is 1.34. The minimum absolute atomic E-state index is 0.356. The van der Waals surface area contributed by atoms with Gasteiger partial charge in [-0.3, -0.25) is 4.90 Å². The smallest absolute Gasteiger partial charge is 0.0921 e.